The molecule has 1 atom stereocenters. The summed E-state index contributed by atoms with van der Waals surface area (Å²) in [6.45, 7) is 6.51. The number of piperazine rings is 1. The summed E-state index contributed by atoms with van der Waals surface area (Å²) in [7, 11) is 1.09. The Balaban J connectivity index is 0.794. The number of aromatic nitrogens is 4. The molecule has 2 aromatic heterocycles. The number of anilines is 6. The number of nitrogens with zero attached hydrogens (tertiary/aromatic N) is 8. The van der Waals surface area contributed by atoms with Gasteiger partial charge in [0.25, 0.3) is 11.8 Å². The number of benzene rings is 4. The fraction of sp³-hybridized carbons (Fsp3) is 0.353. The molecule has 10 rings (SSSR count). The minimum atomic E-state index is -2.81. The number of halogens is 4. The van der Waals surface area contributed by atoms with Crippen LogP contribution < -0.4 is 35.8 Å². The molecule has 4 amide bonds. The first-order valence-electron chi connectivity index (χ1n) is 23.8. The summed E-state index contributed by atoms with van der Waals surface area (Å²) in [5, 5.41) is 16.6. The first-order valence-corrected chi connectivity index (χ1v) is 26.8. The van der Waals surface area contributed by atoms with E-state index in [1.54, 1.807) is 13.3 Å². The monoisotopic (exact) mass is 1070 g/mol. The van der Waals surface area contributed by atoms with Gasteiger partial charge in [-0.05, 0) is 102 Å². The molecule has 6 aromatic rings. The van der Waals surface area contributed by atoms with E-state index in [0.717, 1.165) is 66.6 Å². The van der Waals surface area contributed by atoms with Crippen LogP contribution in [0.25, 0.3) is 21.9 Å². The average molecular weight is 1070 g/mol. The van der Waals surface area contributed by atoms with Crippen LogP contribution in [0.1, 0.15) is 59.4 Å². The van der Waals surface area contributed by atoms with Crippen molar-refractivity contribution in [3.63, 3.8) is 0 Å². The second-order valence-corrected chi connectivity index (χ2v) is 21.7. The number of hydrogen-bond donors (Lipinski definition) is 3. The van der Waals surface area contributed by atoms with Gasteiger partial charge in [0, 0.05) is 92.0 Å². The third-order valence-electron chi connectivity index (χ3n) is 14.1. The van der Waals surface area contributed by atoms with E-state index in [4.69, 9.17) is 9.72 Å². The van der Waals surface area contributed by atoms with Crippen molar-refractivity contribution in [3.05, 3.63) is 101 Å². The standard InChI is InChI=1S/C51H52BrF3N11O5P/c1-71-43-25-41(33(31-26-57-65(28-31)50(54)55)23-39(43)59-51-56-27-36(52)46(61-51)58-38-9-8-30-6-4-5-7-32(30)45(38)72(2)3)64-20-18-62(19-21-64)15-12-29-13-16-63(17-14-29)42-24-35-34(22-37(42)53)48(69)66(49(35)70)40-10-11-44(67)60-47(40)68/h4-9,22-29,40,50H,10-21H2,1-3H3,(H,60,67,68)(H2,56,58,59,61). The number of rotatable bonds is 14. The first kappa shape index (κ1) is 49.0. The van der Waals surface area contributed by atoms with Gasteiger partial charge in [-0.25, -0.2) is 14.1 Å². The van der Waals surface area contributed by atoms with E-state index in [9.17, 15) is 28.0 Å². The van der Waals surface area contributed by atoms with Crippen molar-refractivity contribution in [1.29, 1.82) is 0 Å². The van der Waals surface area contributed by atoms with Crippen LogP contribution in [-0.4, -0.2) is 125 Å². The topological polar surface area (TPSA) is 170 Å². The highest BCUT2D eigenvalue weighted by molar-refractivity contribution is 9.10. The van der Waals surface area contributed by atoms with Crippen LogP contribution in [0.2, 0.25) is 0 Å². The van der Waals surface area contributed by atoms with E-state index in [2.05, 4.69) is 89.4 Å². The van der Waals surface area contributed by atoms with Crippen molar-refractivity contribution in [2.75, 3.05) is 86.7 Å². The lowest BCUT2D eigenvalue weighted by molar-refractivity contribution is -0.136. The van der Waals surface area contributed by atoms with Crippen molar-refractivity contribution < 1.29 is 37.1 Å². The van der Waals surface area contributed by atoms with Crippen LogP contribution in [0.3, 0.4) is 0 Å². The molecule has 4 aliphatic heterocycles. The predicted molar refractivity (Wildman–Crippen MR) is 275 cm³/mol. The summed E-state index contributed by atoms with van der Waals surface area (Å²) < 4.78 is 50.7. The number of ether oxygens (including phenoxy) is 1. The van der Waals surface area contributed by atoms with Crippen LogP contribution in [0.4, 0.5) is 47.7 Å². The molecule has 3 N–H and O–H groups in total. The van der Waals surface area contributed by atoms with Gasteiger partial charge in [0.15, 0.2) is 0 Å². The first-order chi connectivity index (χ1) is 34.7. The maximum absolute atomic E-state index is 15.6. The molecule has 3 saturated heterocycles. The number of amides is 4. The molecule has 0 aliphatic carbocycles. The van der Waals surface area contributed by atoms with Gasteiger partial charge in [0.05, 0.1) is 40.3 Å². The number of alkyl halides is 2. The minimum Gasteiger partial charge on any atom is -0.494 e. The Bertz CT molecular complexity index is 3110. The molecular formula is C51H52BrF3N11O5P. The molecular weight excluding hydrogens is 1010 g/mol. The van der Waals surface area contributed by atoms with Gasteiger partial charge in [-0.2, -0.15) is 18.9 Å². The highest BCUT2D eigenvalue weighted by Gasteiger charge is 2.45. The number of hydrogen-bond acceptors (Lipinski definition) is 13. The summed E-state index contributed by atoms with van der Waals surface area (Å²) in [6, 6.07) is 17.7. The Hall–Kier alpha value is -6.63. The number of methoxy groups -OCH3 is 1. The molecule has 1 unspecified atom stereocenters. The van der Waals surface area contributed by atoms with Crippen LogP contribution in [-0.2, 0) is 9.59 Å². The van der Waals surface area contributed by atoms with Crippen molar-refractivity contribution in [3.8, 4) is 16.9 Å². The molecule has 4 aliphatic rings. The maximum atomic E-state index is 15.6. The lowest BCUT2D eigenvalue weighted by atomic mass is 9.92. The zero-order valence-electron chi connectivity index (χ0n) is 39.8. The number of piperidine rings is 2. The molecule has 0 saturated carbocycles. The molecule has 4 aromatic carbocycles. The third-order valence-corrected chi connectivity index (χ3v) is 16.0. The largest absolute Gasteiger partial charge is 0.494 e. The second kappa shape index (κ2) is 20.5. The maximum Gasteiger partial charge on any atom is 0.333 e. The molecule has 6 heterocycles. The molecule has 72 heavy (non-hydrogen) atoms. The summed E-state index contributed by atoms with van der Waals surface area (Å²) >= 11 is 3.63. The molecule has 0 bridgehead atoms. The normalized spacial score (nSPS) is 17.9. The fourth-order valence-corrected chi connectivity index (χ4v) is 11.9. The van der Waals surface area contributed by atoms with Crippen LogP contribution in [0.15, 0.2) is 83.7 Å². The summed E-state index contributed by atoms with van der Waals surface area (Å²) in [6.07, 6.45) is 7.04. The van der Waals surface area contributed by atoms with Gasteiger partial charge in [0.2, 0.25) is 17.8 Å². The number of carbonyl (C=O) groups is 4. The van der Waals surface area contributed by atoms with Crippen molar-refractivity contribution >= 4 is 98.1 Å². The Morgan fingerprint density at radius 3 is 2.29 bits per heavy atom. The molecule has 0 radical (unpaired) electrons. The summed E-state index contributed by atoms with van der Waals surface area (Å²) in [4.78, 5) is 67.7. The molecule has 21 heteroatoms. The van der Waals surface area contributed by atoms with Gasteiger partial charge >= 0.3 is 6.55 Å². The third kappa shape index (κ3) is 9.71. The van der Waals surface area contributed by atoms with E-state index in [1.165, 1.54) is 29.2 Å². The van der Waals surface area contributed by atoms with Crippen LogP contribution in [0.5, 0.6) is 5.75 Å². The molecule has 3 fully saturated rings. The van der Waals surface area contributed by atoms with Gasteiger partial charge in [0.1, 0.15) is 23.4 Å². The fourth-order valence-electron chi connectivity index (χ4n) is 10.3. The van der Waals surface area contributed by atoms with Gasteiger partial charge in [-0.15, -0.1) is 0 Å². The Kier molecular flexibility index (Phi) is 13.9. The number of imide groups is 2. The average Bonchev–Trinajstić information content (AvgIpc) is 3.96. The Labute approximate surface area is 423 Å². The summed E-state index contributed by atoms with van der Waals surface area (Å²) in [5.74, 6) is -1.43. The highest BCUT2D eigenvalue weighted by atomic mass is 79.9. The van der Waals surface area contributed by atoms with E-state index < -0.39 is 50.0 Å². The van der Waals surface area contributed by atoms with E-state index in [1.807, 2.05) is 29.2 Å². The Morgan fingerprint density at radius 1 is 0.847 bits per heavy atom. The van der Waals surface area contributed by atoms with Gasteiger partial charge < -0.3 is 25.2 Å². The van der Waals surface area contributed by atoms with E-state index in [0.29, 0.717) is 75.6 Å². The lowest BCUT2D eigenvalue weighted by Gasteiger charge is -2.39. The van der Waals surface area contributed by atoms with E-state index >= 15 is 4.39 Å². The smallest absolute Gasteiger partial charge is 0.333 e. The summed E-state index contributed by atoms with van der Waals surface area (Å²) in [5.41, 5.74) is 3.71. The quantitative estimate of drug-likeness (QED) is 0.0702. The zero-order chi connectivity index (χ0) is 50.4. The van der Waals surface area contributed by atoms with Crippen molar-refractivity contribution in [2.45, 2.75) is 44.7 Å². The number of carbonyl (C=O) groups excluding carboxylic acids is 4. The van der Waals surface area contributed by atoms with Crippen LogP contribution >= 0.6 is 23.9 Å². The Morgan fingerprint density at radius 2 is 1.58 bits per heavy atom. The zero-order valence-corrected chi connectivity index (χ0v) is 42.3. The van der Waals surface area contributed by atoms with Crippen molar-refractivity contribution in [1.82, 2.24) is 34.9 Å². The highest BCUT2D eigenvalue weighted by Crippen LogP contribution is 2.42. The second-order valence-electron chi connectivity index (χ2n) is 18.6. The molecule has 374 valence electrons. The van der Waals surface area contributed by atoms with Gasteiger partial charge in [-0.3, -0.25) is 34.3 Å². The molecule has 0 spiro atoms. The number of fused-ring (bicyclic) bond motifs is 2. The van der Waals surface area contributed by atoms with Gasteiger partial charge in [-0.1, -0.05) is 38.3 Å². The minimum absolute atomic E-state index is 0.00123. The van der Waals surface area contributed by atoms with Crippen molar-refractivity contribution in [2.24, 2.45) is 5.92 Å². The molecule has 16 nitrogen and oxygen atoms in total. The van der Waals surface area contributed by atoms with E-state index in [-0.39, 0.29) is 29.7 Å². The lowest BCUT2D eigenvalue weighted by Crippen LogP contribution is -2.54. The number of nitrogens with one attached hydrogen (secondary N) is 3. The SMILES string of the molecule is COc1cc(N2CCN(CCC3CCN(c4cc5c(cc4F)C(=O)N(C4CCC(=O)NC4=O)C5=O)CC3)CC2)c(-c2cnn(C(F)F)c2)cc1Nc1ncc(Br)c(Nc2ccc3ccccc3c2P(C)C)n1. The van der Waals surface area contributed by atoms with Crippen LogP contribution in [0, 0.1) is 11.7 Å². The predicted octanol–water partition coefficient (Wildman–Crippen LogP) is 8.48.